The summed E-state index contributed by atoms with van der Waals surface area (Å²) in [5.74, 6) is 0. The van der Waals surface area contributed by atoms with E-state index in [1.807, 2.05) is 7.05 Å². The van der Waals surface area contributed by atoms with E-state index >= 15 is 0 Å². The summed E-state index contributed by atoms with van der Waals surface area (Å²) in [5, 5.41) is 3.19. The summed E-state index contributed by atoms with van der Waals surface area (Å²) in [6, 6.07) is 9.16. The second-order valence-corrected chi connectivity index (χ2v) is 4.48. The van der Waals surface area contributed by atoms with E-state index in [0.29, 0.717) is 0 Å². The molecule has 1 aromatic carbocycles. The van der Waals surface area contributed by atoms with Gasteiger partial charge < -0.3 is 5.32 Å². The monoisotopic (exact) mass is 219 g/mol. The summed E-state index contributed by atoms with van der Waals surface area (Å²) >= 11 is 0. The highest BCUT2D eigenvalue weighted by Gasteiger charge is 1.95. The highest BCUT2D eigenvalue weighted by atomic mass is 14.8. The largest absolute Gasteiger partial charge is 0.320 e. The molecule has 0 fully saturated rings. The van der Waals surface area contributed by atoms with Gasteiger partial charge in [0.25, 0.3) is 0 Å². The molecule has 1 nitrogen and oxygen atoms in total. The molecular formula is C15H25N. The highest BCUT2D eigenvalue weighted by Crippen LogP contribution is 2.10. The summed E-state index contributed by atoms with van der Waals surface area (Å²) in [4.78, 5) is 0. The van der Waals surface area contributed by atoms with E-state index in [9.17, 15) is 0 Å². The van der Waals surface area contributed by atoms with Crippen molar-refractivity contribution in [1.82, 2.24) is 5.32 Å². The fraction of sp³-hybridized carbons (Fsp3) is 0.600. The molecule has 0 saturated carbocycles. The molecule has 90 valence electrons. The molecule has 0 unspecified atom stereocenters. The van der Waals surface area contributed by atoms with Crippen LogP contribution in [0.1, 0.15) is 43.7 Å². The molecule has 1 N–H and O–H groups in total. The van der Waals surface area contributed by atoms with Gasteiger partial charge in [-0.15, -0.1) is 0 Å². The predicted molar refractivity (Wildman–Crippen MR) is 71.9 cm³/mol. The zero-order valence-corrected chi connectivity index (χ0v) is 10.8. The quantitative estimate of drug-likeness (QED) is 0.659. The molecule has 1 heteroatoms. The topological polar surface area (TPSA) is 12.0 Å². The van der Waals surface area contributed by atoms with E-state index in [-0.39, 0.29) is 0 Å². The molecule has 0 amide bonds. The van der Waals surface area contributed by atoms with E-state index in [1.165, 1.54) is 49.7 Å². The second-order valence-electron chi connectivity index (χ2n) is 4.48. The maximum absolute atomic E-state index is 3.19. The molecule has 0 heterocycles. The van der Waals surface area contributed by atoms with Crippen LogP contribution >= 0.6 is 0 Å². The van der Waals surface area contributed by atoms with Crippen LogP contribution < -0.4 is 5.32 Å². The molecule has 0 spiro atoms. The second kappa shape index (κ2) is 8.35. The molecule has 0 atom stereocenters. The molecule has 0 saturated heterocycles. The van der Waals surface area contributed by atoms with Crippen LogP contribution in [0.2, 0.25) is 0 Å². The van der Waals surface area contributed by atoms with Crippen LogP contribution in [-0.2, 0) is 12.8 Å². The van der Waals surface area contributed by atoms with Crippen LogP contribution in [0.15, 0.2) is 24.3 Å². The van der Waals surface area contributed by atoms with Gasteiger partial charge in [0.05, 0.1) is 0 Å². The Morgan fingerprint density at radius 1 is 0.875 bits per heavy atom. The van der Waals surface area contributed by atoms with Crippen molar-refractivity contribution in [3.63, 3.8) is 0 Å². The SMILES string of the molecule is CCCc1ccc(CCCCCNC)cc1. The fourth-order valence-electron chi connectivity index (χ4n) is 1.97. The third kappa shape index (κ3) is 5.32. The molecule has 0 aliphatic rings. The van der Waals surface area contributed by atoms with Crippen LogP contribution in [0.5, 0.6) is 0 Å². The van der Waals surface area contributed by atoms with Crippen molar-refractivity contribution < 1.29 is 0 Å². The van der Waals surface area contributed by atoms with Crippen molar-refractivity contribution in [3.8, 4) is 0 Å². The van der Waals surface area contributed by atoms with E-state index in [4.69, 9.17) is 0 Å². The standard InChI is InChI=1S/C15H25N/c1-3-7-14-9-11-15(12-10-14)8-5-4-6-13-16-2/h9-12,16H,3-8,13H2,1-2H3. The van der Waals surface area contributed by atoms with Gasteiger partial charge in [-0.3, -0.25) is 0 Å². The van der Waals surface area contributed by atoms with Crippen molar-refractivity contribution in [3.05, 3.63) is 35.4 Å². The lowest BCUT2D eigenvalue weighted by Crippen LogP contribution is -2.07. The first-order valence-electron chi connectivity index (χ1n) is 6.59. The van der Waals surface area contributed by atoms with Gasteiger partial charge in [0.2, 0.25) is 0 Å². The van der Waals surface area contributed by atoms with Crippen molar-refractivity contribution >= 4 is 0 Å². The Bertz CT molecular complexity index is 263. The minimum atomic E-state index is 1.15. The number of hydrogen-bond acceptors (Lipinski definition) is 1. The third-order valence-corrected chi connectivity index (χ3v) is 2.95. The summed E-state index contributed by atoms with van der Waals surface area (Å²) in [6.45, 7) is 3.38. The fourth-order valence-corrected chi connectivity index (χ4v) is 1.97. The van der Waals surface area contributed by atoms with Gasteiger partial charge in [-0.1, -0.05) is 44.0 Å². The Balaban J connectivity index is 2.21. The van der Waals surface area contributed by atoms with E-state index in [2.05, 4.69) is 36.5 Å². The lowest BCUT2D eigenvalue weighted by Gasteiger charge is -2.03. The average molecular weight is 219 g/mol. The van der Waals surface area contributed by atoms with Gasteiger partial charge in [-0.05, 0) is 50.4 Å². The van der Waals surface area contributed by atoms with Crippen LogP contribution in [-0.4, -0.2) is 13.6 Å². The van der Waals surface area contributed by atoms with Gasteiger partial charge in [0.15, 0.2) is 0 Å². The van der Waals surface area contributed by atoms with Crippen LogP contribution in [0, 0.1) is 0 Å². The Labute approximate surface area is 100 Å². The van der Waals surface area contributed by atoms with Crippen molar-refractivity contribution in [2.45, 2.75) is 45.4 Å². The lowest BCUT2D eigenvalue weighted by molar-refractivity contribution is 0.642. The first-order chi connectivity index (χ1) is 7.86. The zero-order chi connectivity index (χ0) is 11.6. The Hall–Kier alpha value is -0.820. The maximum atomic E-state index is 3.19. The van der Waals surface area contributed by atoms with Crippen LogP contribution in [0.3, 0.4) is 0 Å². The Morgan fingerprint density at radius 3 is 2.06 bits per heavy atom. The van der Waals surface area contributed by atoms with Crippen molar-refractivity contribution in [2.75, 3.05) is 13.6 Å². The third-order valence-electron chi connectivity index (χ3n) is 2.95. The minimum absolute atomic E-state index is 1.15. The van der Waals surface area contributed by atoms with Gasteiger partial charge in [-0.25, -0.2) is 0 Å². The summed E-state index contributed by atoms with van der Waals surface area (Å²) < 4.78 is 0. The molecule has 0 radical (unpaired) electrons. The van der Waals surface area contributed by atoms with Gasteiger partial charge >= 0.3 is 0 Å². The first-order valence-corrected chi connectivity index (χ1v) is 6.59. The molecule has 0 aliphatic heterocycles. The lowest BCUT2D eigenvalue weighted by atomic mass is 10.0. The molecule has 0 aliphatic carbocycles. The number of hydrogen-bond donors (Lipinski definition) is 1. The molecule has 0 aromatic heterocycles. The average Bonchev–Trinajstić information content (AvgIpc) is 2.31. The smallest absolute Gasteiger partial charge is 0.00519 e. The number of nitrogens with one attached hydrogen (secondary N) is 1. The minimum Gasteiger partial charge on any atom is -0.320 e. The molecule has 16 heavy (non-hydrogen) atoms. The van der Waals surface area contributed by atoms with Crippen molar-refractivity contribution in [1.29, 1.82) is 0 Å². The van der Waals surface area contributed by atoms with E-state index < -0.39 is 0 Å². The summed E-state index contributed by atoms with van der Waals surface area (Å²) in [5.41, 5.74) is 2.96. The predicted octanol–water partition coefficient (Wildman–Crippen LogP) is 3.57. The number of aryl methyl sites for hydroxylation is 2. The number of rotatable bonds is 8. The first kappa shape index (κ1) is 13.2. The molecule has 1 rings (SSSR count). The summed E-state index contributed by atoms with van der Waals surface area (Å²) in [7, 11) is 2.02. The van der Waals surface area contributed by atoms with E-state index in [0.717, 1.165) is 6.54 Å². The van der Waals surface area contributed by atoms with Crippen LogP contribution in [0.4, 0.5) is 0 Å². The molecule has 0 bridgehead atoms. The van der Waals surface area contributed by atoms with Crippen molar-refractivity contribution in [2.24, 2.45) is 0 Å². The molecular weight excluding hydrogens is 194 g/mol. The van der Waals surface area contributed by atoms with Crippen LogP contribution in [0.25, 0.3) is 0 Å². The summed E-state index contributed by atoms with van der Waals surface area (Å²) in [6.07, 6.45) is 7.62. The maximum Gasteiger partial charge on any atom is -0.00519 e. The zero-order valence-electron chi connectivity index (χ0n) is 10.8. The Kier molecular flexibility index (Phi) is 6.91. The number of unbranched alkanes of at least 4 members (excludes halogenated alkanes) is 2. The highest BCUT2D eigenvalue weighted by molar-refractivity contribution is 5.22. The van der Waals surface area contributed by atoms with Gasteiger partial charge in [0.1, 0.15) is 0 Å². The van der Waals surface area contributed by atoms with Gasteiger partial charge in [0, 0.05) is 0 Å². The Morgan fingerprint density at radius 2 is 1.50 bits per heavy atom. The number of benzene rings is 1. The molecule has 1 aromatic rings. The van der Waals surface area contributed by atoms with E-state index in [1.54, 1.807) is 0 Å². The van der Waals surface area contributed by atoms with Gasteiger partial charge in [-0.2, -0.15) is 0 Å². The normalized spacial score (nSPS) is 10.6.